The first-order valence-electron chi connectivity index (χ1n) is 6.31. The average Bonchev–Trinajstić information content (AvgIpc) is 2.49. The van der Waals surface area contributed by atoms with E-state index in [1.807, 2.05) is 0 Å². The van der Waals surface area contributed by atoms with Crippen LogP contribution in [0.5, 0.6) is 0 Å². The summed E-state index contributed by atoms with van der Waals surface area (Å²) in [5.41, 5.74) is 1.44. The van der Waals surface area contributed by atoms with Crippen LogP contribution >= 0.6 is 0 Å². The third-order valence-electron chi connectivity index (χ3n) is 3.27. The van der Waals surface area contributed by atoms with Crippen molar-refractivity contribution >= 4 is 0 Å². The van der Waals surface area contributed by atoms with Gasteiger partial charge in [0.15, 0.2) is 0 Å². The molecule has 1 aromatic rings. The lowest BCUT2D eigenvalue weighted by molar-refractivity contribution is 0.266. The highest BCUT2D eigenvalue weighted by Gasteiger charge is 2.31. The van der Waals surface area contributed by atoms with E-state index in [0.717, 1.165) is 19.5 Å². The lowest BCUT2D eigenvalue weighted by Crippen LogP contribution is -2.33. The van der Waals surface area contributed by atoms with Gasteiger partial charge in [0.1, 0.15) is 5.82 Å². The average molecular weight is 221 g/mol. The summed E-state index contributed by atoms with van der Waals surface area (Å²) < 4.78 is 2.34. The van der Waals surface area contributed by atoms with E-state index in [-0.39, 0.29) is 5.41 Å². The second-order valence-electron chi connectivity index (χ2n) is 5.74. The summed E-state index contributed by atoms with van der Waals surface area (Å²) in [5, 5.41) is 3.63. The fourth-order valence-corrected chi connectivity index (χ4v) is 2.35. The summed E-state index contributed by atoms with van der Waals surface area (Å²) in [6, 6.07) is 0.371. The minimum atomic E-state index is 0.221. The van der Waals surface area contributed by atoms with Gasteiger partial charge in [0, 0.05) is 12.7 Å². The lowest BCUT2D eigenvalue weighted by Gasteiger charge is -2.29. The molecule has 0 saturated heterocycles. The molecule has 1 N–H and O–H groups in total. The Hall–Kier alpha value is -0.830. The molecule has 16 heavy (non-hydrogen) atoms. The maximum absolute atomic E-state index is 4.78. The number of rotatable bonds is 1. The van der Waals surface area contributed by atoms with E-state index in [2.05, 4.69) is 43.8 Å². The summed E-state index contributed by atoms with van der Waals surface area (Å²) in [4.78, 5) is 4.78. The number of nitrogens with one attached hydrogen (secondary N) is 1. The van der Waals surface area contributed by atoms with Gasteiger partial charge in [-0.3, -0.25) is 0 Å². The Morgan fingerprint density at radius 3 is 2.88 bits per heavy atom. The van der Waals surface area contributed by atoms with Gasteiger partial charge in [-0.25, -0.2) is 4.98 Å². The predicted octanol–water partition coefficient (Wildman–Crippen LogP) is 2.53. The molecule has 2 heterocycles. The predicted molar refractivity (Wildman–Crippen MR) is 66.4 cm³/mol. The fourth-order valence-electron chi connectivity index (χ4n) is 2.35. The summed E-state index contributed by atoms with van der Waals surface area (Å²) in [5.74, 6) is 1.22. The normalized spacial score (nSPS) is 21.6. The monoisotopic (exact) mass is 221 g/mol. The van der Waals surface area contributed by atoms with Gasteiger partial charge in [-0.2, -0.15) is 0 Å². The van der Waals surface area contributed by atoms with Crippen LogP contribution in [0.1, 0.15) is 51.7 Å². The number of nitrogens with zero attached hydrogens (tertiary/aromatic N) is 2. The number of fused-ring (bicyclic) bond motifs is 1. The summed E-state index contributed by atoms with van der Waals surface area (Å²) >= 11 is 0. The van der Waals surface area contributed by atoms with Gasteiger partial charge in [-0.05, 0) is 24.8 Å². The SMILES string of the molecule is CCc1cn2c(n1)[C@H](C(C)(C)C)NCCC2. The molecule has 3 heteroatoms. The van der Waals surface area contributed by atoms with Crippen LogP contribution in [0, 0.1) is 5.41 Å². The Kier molecular flexibility index (Phi) is 3.06. The zero-order valence-corrected chi connectivity index (χ0v) is 10.9. The van der Waals surface area contributed by atoms with E-state index in [9.17, 15) is 0 Å². The van der Waals surface area contributed by atoms with Crippen molar-refractivity contribution in [1.82, 2.24) is 14.9 Å². The maximum atomic E-state index is 4.78. The Balaban J connectivity index is 2.39. The number of hydrogen-bond donors (Lipinski definition) is 1. The third kappa shape index (κ3) is 2.14. The lowest BCUT2D eigenvalue weighted by atomic mass is 9.86. The quantitative estimate of drug-likeness (QED) is 0.789. The molecule has 0 unspecified atom stereocenters. The van der Waals surface area contributed by atoms with Crippen LogP contribution < -0.4 is 5.32 Å². The van der Waals surface area contributed by atoms with Crippen LogP contribution in [0.3, 0.4) is 0 Å². The number of hydrogen-bond acceptors (Lipinski definition) is 2. The maximum Gasteiger partial charge on any atom is 0.126 e. The van der Waals surface area contributed by atoms with Crippen LogP contribution in [0.25, 0.3) is 0 Å². The Bertz CT molecular complexity index is 360. The Morgan fingerprint density at radius 1 is 1.50 bits per heavy atom. The Labute approximate surface area is 98.3 Å². The van der Waals surface area contributed by atoms with E-state index in [0.29, 0.717) is 6.04 Å². The van der Waals surface area contributed by atoms with Gasteiger partial charge < -0.3 is 9.88 Å². The molecule has 0 saturated carbocycles. The zero-order valence-electron chi connectivity index (χ0n) is 10.9. The first-order valence-corrected chi connectivity index (χ1v) is 6.31. The summed E-state index contributed by atoms with van der Waals surface area (Å²) in [6.07, 6.45) is 4.44. The summed E-state index contributed by atoms with van der Waals surface area (Å²) in [7, 11) is 0. The van der Waals surface area contributed by atoms with E-state index in [1.54, 1.807) is 0 Å². The van der Waals surface area contributed by atoms with Gasteiger partial charge >= 0.3 is 0 Å². The van der Waals surface area contributed by atoms with Crippen molar-refractivity contribution in [3.63, 3.8) is 0 Å². The van der Waals surface area contributed by atoms with Crippen molar-refractivity contribution < 1.29 is 0 Å². The van der Waals surface area contributed by atoms with Crippen LogP contribution in [0.4, 0.5) is 0 Å². The molecule has 0 radical (unpaired) electrons. The molecule has 3 nitrogen and oxygen atoms in total. The molecule has 90 valence electrons. The van der Waals surface area contributed by atoms with Gasteiger partial charge in [0.05, 0.1) is 11.7 Å². The second-order valence-corrected chi connectivity index (χ2v) is 5.74. The Morgan fingerprint density at radius 2 is 2.25 bits per heavy atom. The van der Waals surface area contributed by atoms with Gasteiger partial charge in [-0.1, -0.05) is 27.7 Å². The highest BCUT2D eigenvalue weighted by atomic mass is 15.1. The molecule has 1 aromatic heterocycles. The van der Waals surface area contributed by atoms with E-state index in [1.165, 1.54) is 17.9 Å². The third-order valence-corrected chi connectivity index (χ3v) is 3.27. The van der Waals surface area contributed by atoms with Crippen molar-refractivity contribution in [3.05, 3.63) is 17.7 Å². The van der Waals surface area contributed by atoms with Gasteiger partial charge in [0.25, 0.3) is 0 Å². The molecule has 0 spiro atoms. The van der Waals surface area contributed by atoms with E-state index >= 15 is 0 Å². The topological polar surface area (TPSA) is 29.9 Å². The number of imidazole rings is 1. The molecular weight excluding hydrogens is 198 g/mol. The first-order chi connectivity index (χ1) is 7.52. The van der Waals surface area contributed by atoms with E-state index in [4.69, 9.17) is 4.98 Å². The molecule has 1 atom stereocenters. The molecule has 0 bridgehead atoms. The second kappa shape index (κ2) is 4.21. The van der Waals surface area contributed by atoms with Crippen LogP contribution in [-0.2, 0) is 13.0 Å². The van der Waals surface area contributed by atoms with Crippen LogP contribution in [-0.4, -0.2) is 16.1 Å². The number of aryl methyl sites for hydroxylation is 2. The fraction of sp³-hybridized carbons (Fsp3) is 0.769. The standard InChI is InChI=1S/C13H23N3/c1-5-10-9-16-8-6-7-14-11(12(16)15-10)13(2,3)4/h9,11,14H,5-8H2,1-4H3/t11-/m1/s1. The minimum Gasteiger partial charge on any atom is -0.333 e. The molecule has 1 aliphatic heterocycles. The molecule has 0 fully saturated rings. The molecule has 2 rings (SSSR count). The van der Waals surface area contributed by atoms with E-state index < -0.39 is 0 Å². The minimum absolute atomic E-state index is 0.221. The molecule has 0 aliphatic carbocycles. The van der Waals surface area contributed by atoms with Gasteiger partial charge in [-0.15, -0.1) is 0 Å². The van der Waals surface area contributed by atoms with Gasteiger partial charge in [0.2, 0.25) is 0 Å². The zero-order chi connectivity index (χ0) is 11.8. The highest BCUT2D eigenvalue weighted by molar-refractivity contribution is 5.11. The molecule has 1 aliphatic rings. The van der Waals surface area contributed by atoms with Crippen molar-refractivity contribution in [1.29, 1.82) is 0 Å². The summed E-state index contributed by atoms with van der Waals surface area (Å²) in [6.45, 7) is 11.2. The van der Waals surface area contributed by atoms with Crippen molar-refractivity contribution in [2.24, 2.45) is 5.41 Å². The first kappa shape index (κ1) is 11.6. The number of aromatic nitrogens is 2. The largest absolute Gasteiger partial charge is 0.333 e. The molecular formula is C13H23N3. The van der Waals surface area contributed by atoms with Crippen LogP contribution in [0.15, 0.2) is 6.20 Å². The smallest absolute Gasteiger partial charge is 0.126 e. The van der Waals surface area contributed by atoms with Crippen molar-refractivity contribution in [2.75, 3.05) is 6.54 Å². The molecule has 0 aromatic carbocycles. The molecule has 0 amide bonds. The highest BCUT2D eigenvalue weighted by Crippen LogP contribution is 2.33. The van der Waals surface area contributed by atoms with Crippen molar-refractivity contribution in [2.45, 2.75) is 53.1 Å². The van der Waals surface area contributed by atoms with Crippen molar-refractivity contribution in [3.8, 4) is 0 Å². The van der Waals surface area contributed by atoms with Crippen LogP contribution in [0.2, 0.25) is 0 Å².